The molecule has 0 amide bonds. The summed E-state index contributed by atoms with van der Waals surface area (Å²) in [5, 5.41) is 0. The minimum atomic E-state index is 0.162. The van der Waals surface area contributed by atoms with Crippen LogP contribution in [0.4, 0.5) is 0 Å². The van der Waals surface area contributed by atoms with Gasteiger partial charge in [0.1, 0.15) is 0 Å². The lowest BCUT2D eigenvalue weighted by Gasteiger charge is -2.36. The van der Waals surface area contributed by atoms with E-state index in [1.54, 1.807) is 0 Å². The van der Waals surface area contributed by atoms with Crippen molar-refractivity contribution in [2.24, 2.45) is 17.1 Å². The van der Waals surface area contributed by atoms with E-state index in [-0.39, 0.29) is 11.5 Å². The highest BCUT2D eigenvalue weighted by Gasteiger charge is 2.29. The van der Waals surface area contributed by atoms with Gasteiger partial charge >= 0.3 is 0 Å². The Morgan fingerprint density at radius 1 is 1.33 bits per heavy atom. The van der Waals surface area contributed by atoms with Gasteiger partial charge in [0, 0.05) is 6.54 Å². The summed E-state index contributed by atoms with van der Waals surface area (Å²) in [7, 11) is 0. The summed E-state index contributed by atoms with van der Waals surface area (Å²) in [5.41, 5.74) is 5.95. The molecule has 3 atom stereocenters. The van der Waals surface area contributed by atoms with Gasteiger partial charge in [0.05, 0.1) is 12.2 Å². The lowest BCUT2D eigenvalue weighted by Crippen LogP contribution is -2.40. The Morgan fingerprint density at radius 2 is 2.00 bits per heavy atom. The van der Waals surface area contributed by atoms with Crippen molar-refractivity contribution >= 4 is 0 Å². The predicted octanol–water partition coefficient (Wildman–Crippen LogP) is 2.96. The Hall–Kier alpha value is -0.0800. The Morgan fingerprint density at radius 3 is 2.47 bits per heavy atom. The normalized spacial score (nSPS) is 30.2. The lowest BCUT2D eigenvalue weighted by atomic mass is 9.86. The summed E-state index contributed by atoms with van der Waals surface area (Å²) >= 11 is 0. The third-order valence-electron chi connectivity index (χ3n) is 3.43. The zero-order valence-electron chi connectivity index (χ0n) is 10.8. The summed E-state index contributed by atoms with van der Waals surface area (Å²) < 4.78 is 6.15. The van der Waals surface area contributed by atoms with Gasteiger partial charge in [0.25, 0.3) is 0 Å². The molecule has 0 aromatic carbocycles. The molecule has 1 fully saturated rings. The highest BCUT2D eigenvalue weighted by atomic mass is 16.5. The average molecular weight is 213 g/mol. The van der Waals surface area contributed by atoms with Crippen molar-refractivity contribution < 1.29 is 4.74 Å². The summed E-state index contributed by atoms with van der Waals surface area (Å²) in [6.45, 7) is 9.57. The molecule has 3 unspecified atom stereocenters. The van der Waals surface area contributed by atoms with Crippen molar-refractivity contribution in [3.8, 4) is 0 Å². The van der Waals surface area contributed by atoms with Gasteiger partial charge in [-0.25, -0.2) is 0 Å². The molecule has 2 nitrogen and oxygen atoms in total. The van der Waals surface area contributed by atoms with Crippen LogP contribution in [-0.4, -0.2) is 18.8 Å². The molecule has 15 heavy (non-hydrogen) atoms. The second kappa shape index (κ2) is 5.31. The van der Waals surface area contributed by atoms with Crippen molar-refractivity contribution in [2.45, 2.75) is 65.6 Å². The smallest absolute Gasteiger partial charge is 0.0749 e. The fourth-order valence-electron chi connectivity index (χ4n) is 2.35. The first kappa shape index (κ1) is 13.0. The Labute approximate surface area is 94.6 Å². The topological polar surface area (TPSA) is 35.2 Å². The molecule has 0 radical (unpaired) electrons. The SMILES string of the molecule is CC1CCCC(OC(CN)C(C)(C)C)C1. The lowest BCUT2D eigenvalue weighted by molar-refractivity contribution is -0.0793. The molecule has 1 rings (SSSR count). The van der Waals surface area contributed by atoms with Crippen molar-refractivity contribution in [3.05, 3.63) is 0 Å². The molecule has 90 valence electrons. The molecule has 0 aromatic heterocycles. The van der Waals surface area contributed by atoms with Crippen molar-refractivity contribution in [1.82, 2.24) is 0 Å². The van der Waals surface area contributed by atoms with Crippen LogP contribution in [0.5, 0.6) is 0 Å². The van der Waals surface area contributed by atoms with Crippen LogP contribution in [0.3, 0.4) is 0 Å². The van der Waals surface area contributed by atoms with E-state index < -0.39 is 0 Å². The number of rotatable bonds is 3. The Balaban J connectivity index is 2.44. The standard InChI is InChI=1S/C13H27NO/c1-10-6-5-7-11(8-10)15-12(9-14)13(2,3)4/h10-12H,5-9,14H2,1-4H3. The molecule has 0 spiro atoms. The molecule has 2 N–H and O–H groups in total. The molecule has 0 aromatic rings. The van der Waals surface area contributed by atoms with Gasteiger partial charge in [-0.1, -0.05) is 40.5 Å². The first-order valence-electron chi connectivity index (χ1n) is 6.29. The maximum atomic E-state index is 6.15. The van der Waals surface area contributed by atoms with E-state index in [0.717, 1.165) is 5.92 Å². The van der Waals surface area contributed by atoms with Crippen LogP contribution in [0.25, 0.3) is 0 Å². The summed E-state index contributed by atoms with van der Waals surface area (Å²) in [4.78, 5) is 0. The van der Waals surface area contributed by atoms with E-state index in [9.17, 15) is 0 Å². The van der Waals surface area contributed by atoms with Crippen molar-refractivity contribution in [1.29, 1.82) is 0 Å². The van der Waals surface area contributed by atoms with Crippen LogP contribution in [0.15, 0.2) is 0 Å². The van der Waals surface area contributed by atoms with Crippen LogP contribution in [0.2, 0.25) is 0 Å². The van der Waals surface area contributed by atoms with Crippen LogP contribution in [-0.2, 0) is 4.74 Å². The van der Waals surface area contributed by atoms with Crippen LogP contribution < -0.4 is 5.73 Å². The number of nitrogens with two attached hydrogens (primary N) is 1. The van der Waals surface area contributed by atoms with Gasteiger partial charge in [-0.15, -0.1) is 0 Å². The maximum absolute atomic E-state index is 6.15. The minimum Gasteiger partial charge on any atom is -0.373 e. The highest BCUT2D eigenvalue weighted by Crippen LogP contribution is 2.30. The monoisotopic (exact) mass is 213 g/mol. The largest absolute Gasteiger partial charge is 0.373 e. The molecule has 0 heterocycles. The third-order valence-corrected chi connectivity index (χ3v) is 3.43. The second-order valence-corrected chi connectivity index (χ2v) is 6.12. The maximum Gasteiger partial charge on any atom is 0.0749 e. The zero-order chi connectivity index (χ0) is 11.5. The molecule has 1 aliphatic carbocycles. The summed E-state index contributed by atoms with van der Waals surface area (Å²) in [5.74, 6) is 0.821. The third kappa shape index (κ3) is 4.12. The number of hydrogen-bond donors (Lipinski definition) is 1. The first-order chi connectivity index (χ1) is 6.93. The van der Waals surface area contributed by atoms with E-state index in [4.69, 9.17) is 10.5 Å². The molecule has 0 bridgehead atoms. The molecule has 0 saturated heterocycles. The van der Waals surface area contributed by atoms with E-state index in [0.29, 0.717) is 12.6 Å². The van der Waals surface area contributed by atoms with Crippen LogP contribution >= 0.6 is 0 Å². The Kier molecular flexibility index (Phi) is 4.60. The molecule has 2 heteroatoms. The van der Waals surface area contributed by atoms with Crippen LogP contribution in [0.1, 0.15) is 53.4 Å². The summed E-state index contributed by atoms with van der Waals surface area (Å²) in [6.07, 6.45) is 5.76. The fourth-order valence-corrected chi connectivity index (χ4v) is 2.35. The van der Waals surface area contributed by atoms with Gasteiger partial charge in [0.2, 0.25) is 0 Å². The molecular formula is C13H27NO. The van der Waals surface area contributed by atoms with E-state index >= 15 is 0 Å². The van der Waals surface area contributed by atoms with Gasteiger partial charge < -0.3 is 10.5 Å². The fraction of sp³-hybridized carbons (Fsp3) is 1.00. The van der Waals surface area contributed by atoms with E-state index in [2.05, 4.69) is 27.7 Å². The highest BCUT2D eigenvalue weighted by molar-refractivity contribution is 4.79. The van der Waals surface area contributed by atoms with Gasteiger partial charge in [-0.2, -0.15) is 0 Å². The summed E-state index contributed by atoms with van der Waals surface area (Å²) in [6, 6.07) is 0. The first-order valence-corrected chi connectivity index (χ1v) is 6.29. The van der Waals surface area contributed by atoms with E-state index in [1.807, 2.05) is 0 Å². The van der Waals surface area contributed by atoms with E-state index in [1.165, 1.54) is 25.7 Å². The quantitative estimate of drug-likeness (QED) is 0.782. The molecule has 1 saturated carbocycles. The second-order valence-electron chi connectivity index (χ2n) is 6.12. The van der Waals surface area contributed by atoms with Crippen molar-refractivity contribution in [3.63, 3.8) is 0 Å². The zero-order valence-corrected chi connectivity index (χ0v) is 10.8. The van der Waals surface area contributed by atoms with Crippen LogP contribution in [0, 0.1) is 11.3 Å². The van der Waals surface area contributed by atoms with Crippen molar-refractivity contribution in [2.75, 3.05) is 6.54 Å². The van der Waals surface area contributed by atoms with Gasteiger partial charge in [0.15, 0.2) is 0 Å². The number of hydrogen-bond acceptors (Lipinski definition) is 2. The van der Waals surface area contributed by atoms with Gasteiger partial charge in [-0.05, 0) is 24.2 Å². The molecular weight excluding hydrogens is 186 g/mol. The number of ether oxygens (including phenoxy) is 1. The average Bonchev–Trinajstić information content (AvgIpc) is 2.12. The van der Waals surface area contributed by atoms with Gasteiger partial charge in [-0.3, -0.25) is 0 Å². The predicted molar refractivity (Wildman–Crippen MR) is 64.8 cm³/mol. The molecule has 1 aliphatic rings. The molecule has 0 aliphatic heterocycles. The minimum absolute atomic E-state index is 0.162. The Bertz CT molecular complexity index is 185.